The third kappa shape index (κ3) is 5.47. The summed E-state index contributed by atoms with van der Waals surface area (Å²) in [7, 11) is -1.91. The van der Waals surface area contributed by atoms with Crippen molar-refractivity contribution >= 4 is 38.8 Å². The second-order valence-electron chi connectivity index (χ2n) is 8.32. The van der Waals surface area contributed by atoms with Crippen LogP contribution in [0.2, 0.25) is 10.0 Å². The molecule has 0 spiro atoms. The number of likely N-dealkylation sites (tertiary alicyclic amines) is 1. The van der Waals surface area contributed by atoms with Gasteiger partial charge >= 0.3 is 0 Å². The van der Waals surface area contributed by atoms with Gasteiger partial charge in [-0.1, -0.05) is 53.5 Å². The Morgan fingerprint density at radius 1 is 1.00 bits per heavy atom. The summed E-state index contributed by atoms with van der Waals surface area (Å²) in [4.78, 5) is 15.0. The highest BCUT2D eigenvalue weighted by Gasteiger charge is 2.32. The fourth-order valence-corrected chi connectivity index (χ4v) is 6.46. The largest absolute Gasteiger partial charge is 0.497 e. The van der Waals surface area contributed by atoms with Gasteiger partial charge in [-0.2, -0.15) is 0 Å². The number of hydrogen-bond donors (Lipinski definition) is 0. The average Bonchev–Trinajstić information content (AvgIpc) is 2.84. The molecule has 5 nitrogen and oxygen atoms in total. The lowest BCUT2D eigenvalue weighted by molar-refractivity contribution is 0.0916. The van der Waals surface area contributed by atoms with Crippen molar-refractivity contribution in [2.24, 2.45) is 0 Å². The number of sulfone groups is 1. The molecule has 3 aromatic rings. The highest BCUT2D eigenvalue weighted by atomic mass is 35.5. The maximum Gasteiger partial charge on any atom is 0.181 e. The molecule has 3 aromatic carbocycles. The van der Waals surface area contributed by atoms with Gasteiger partial charge in [-0.25, -0.2) is 8.42 Å². The van der Waals surface area contributed by atoms with E-state index in [4.69, 9.17) is 27.9 Å². The van der Waals surface area contributed by atoms with Crippen LogP contribution in [0.5, 0.6) is 5.75 Å². The number of ether oxygens (including phenoxy) is 1. The second-order valence-corrected chi connectivity index (χ2v) is 11.4. The molecule has 0 atom stereocenters. The highest BCUT2D eigenvalue weighted by Crippen LogP contribution is 2.32. The van der Waals surface area contributed by atoms with Crippen LogP contribution in [0.4, 0.5) is 0 Å². The van der Waals surface area contributed by atoms with E-state index in [0.29, 0.717) is 52.2 Å². The van der Waals surface area contributed by atoms with E-state index in [2.05, 4.69) is 0 Å². The van der Waals surface area contributed by atoms with E-state index in [9.17, 15) is 13.2 Å². The van der Waals surface area contributed by atoms with E-state index in [1.165, 1.54) is 0 Å². The van der Waals surface area contributed by atoms with Crippen molar-refractivity contribution in [3.63, 3.8) is 0 Å². The first-order valence-corrected chi connectivity index (χ1v) is 13.3. The predicted molar refractivity (Wildman–Crippen MR) is 136 cm³/mol. The third-order valence-electron chi connectivity index (χ3n) is 6.16. The summed E-state index contributed by atoms with van der Waals surface area (Å²) < 4.78 is 31.6. The molecule has 1 saturated heterocycles. The number of hydrogen-bond acceptors (Lipinski definition) is 5. The van der Waals surface area contributed by atoms with Crippen LogP contribution in [0.25, 0.3) is 11.1 Å². The van der Waals surface area contributed by atoms with Gasteiger partial charge in [0, 0.05) is 21.2 Å². The van der Waals surface area contributed by atoms with Gasteiger partial charge in [0.15, 0.2) is 15.6 Å². The number of piperidine rings is 1. The highest BCUT2D eigenvalue weighted by molar-refractivity contribution is 7.92. The molecule has 178 valence electrons. The predicted octanol–water partition coefficient (Wildman–Crippen LogP) is 5.79. The molecular formula is C26H25Cl2NO4S. The summed E-state index contributed by atoms with van der Waals surface area (Å²) in [5, 5.41) is 0.587. The molecule has 1 aliphatic heterocycles. The van der Waals surface area contributed by atoms with Crippen LogP contribution in [0.1, 0.15) is 23.2 Å². The van der Waals surface area contributed by atoms with Gasteiger partial charge < -0.3 is 4.74 Å². The van der Waals surface area contributed by atoms with Crippen LogP contribution in [0.15, 0.2) is 71.6 Å². The minimum absolute atomic E-state index is 0.00310. The number of rotatable bonds is 7. The molecule has 34 heavy (non-hydrogen) atoms. The quantitative estimate of drug-likeness (QED) is 0.371. The number of carbonyl (C=O) groups is 1. The van der Waals surface area contributed by atoms with Gasteiger partial charge in [-0.3, -0.25) is 9.69 Å². The minimum atomic E-state index is -3.47. The summed E-state index contributed by atoms with van der Waals surface area (Å²) in [5.41, 5.74) is 2.21. The fraction of sp³-hybridized carbons (Fsp3) is 0.269. The van der Waals surface area contributed by atoms with Crippen LogP contribution < -0.4 is 4.74 Å². The van der Waals surface area contributed by atoms with E-state index in [1.54, 1.807) is 67.8 Å². The SMILES string of the molecule is COc1cccc(C(=O)CN2CCC(S(=O)(=O)c3ccc(-c4ccc(Cl)cc4Cl)cc3)CC2)c1. The van der Waals surface area contributed by atoms with Crippen molar-refractivity contribution in [3.05, 3.63) is 82.3 Å². The zero-order chi connectivity index (χ0) is 24.3. The topological polar surface area (TPSA) is 63.7 Å². The number of methoxy groups -OCH3 is 1. The van der Waals surface area contributed by atoms with Gasteiger partial charge in [0.25, 0.3) is 0 Å². The molecule has 1 fully saturated rings. The summed E-state index contributed by atoms with van der Waals surface area (Å²) >= 11 is 12.2. The zero-order valence-corrected chi connectivity index (χ0v) is 21.0. The van der Waals surface area contributed by atoms with E-state index in [0.717, 1.165) is 11.1 Å². The maximum absolute atomic E-state index is 13.2. The summed E-state index contributed by atoms with van der Waals surface area (Å²) in [6, 6.07) is 19.1. The van der Waals surface area contributed by atoms with Gasteiger partial charge in [0.05, 0.1) is 23.8 Å². The van der Waals surface area contributed by atoms with Crippen molar-refractivity contribution in [2.75, 3.05) is 26.7 Å². The molecule has 0 aromatic heterocycles. The van der Waals surface area contributed by atoms with Crippen LogP contribution in [0, 0.1) is 0 Å². The summed E-state index contributed by atoms with van der Waals surface area (Å²) in [6.07, 6.45) is 0.969. The number of halogens is 2. The molecule has 0 bridgehead atoms. The molecule has 4 rings (SSSR count). The number of carbonyl (C=O) groups excluding carboxylic acids is 1. The Morgan fingerprint density at radius 2 is 1.71 bits per heavy atom. The smallest absolute Gasteiger partial charge is 0.181 e. The molecule has 1 heterocycles. The van der Waals surface area contributed by atoms with Crippen LogP contribution in [-0.4, -0.2) is 51.1 Å². The lowest BCUT2D eigenvalue weighted by atomic mass is 10.1. The van der Waals surface area contributed by atoms with E-state index in [1.807, 2.05) is 11.0 Å². The van der Waals surface area contributed by atoms with Crippen LogP contribution in [-0.2, 0) is 9.84 Å². The Balaban J connectivity index is 1.39. The maximum atomic E-state index is 13.2. The number of benzene rings is 3. The first kappa shape index (κ1) is 24.7. The minimum Gasteiger partial charge on any atom is -0.497 e. The van der Waals surface area contributed by atoms with Crippen LogP contribution in [0.3, 0.4) is 0 Å². The Hall–Kier alpha value is -2.38. The Kier molecular flexibility index (Phi) is 7.63. The first-order valence-electron chi connectivity index (χ1n) is 11.0. The molecule has 0 aliphatic carbocycles. The van der Waals surface area contributed by atoms with Crippen molar-refractivity contribution in [2.45, 2.75) is 23.0 Å². The van der Waals surface area contributed by atoms with Gasteiger partial charge in [-0.15, -0.1) is 0 Å². The number of ketones is 1. The summed E-state index contributed by atoms with van der Waals surface area (Å²) in [6.45, 7) is 1.37. The van der Waals surface area contributed by atoms with Crippen LogP contribution >= 0.6 is 23.2 Å². The van der Waals surface area contributed by atoms with Gasteiger partial charge in [0.1, 0.15) is 5.75 Å². The molecule has 1 aliphatic rings. The Bertz CT molecular complexity index is 1280. The molecule has 8 heteroatoms. The van der Waals surface area contributed by atoms with E-state index in [-0.39, 0.29) is 12.3 Å². The van der Waals surface area contributed by atoms with Crippen molar-refractivity contribution < 1.29 is 17.9 Å². The molecule has 0 radical (unpaired) electrons. The monoisotopic (exact) mass is 517 g/mol. The molecular weight excluding hydrogens is 493 g/mol. The third-order valence-corrected chi connectivity index (χ3v) is 8.98. The molecule has 0 amide bonds. The second kappa shape index (κ2) is 10.5. The molecule has 0 saturated carbocycles. The molecule has 0 N–H and O–H groups in total. The Morgan fingerprint density at radius 3 is 2.35 bits per heavy atom. The Labute approximate surface area is 210 Å². The average molecular weight is 518 g/mol. The van der Waals surface area contributed by atoms with E-state index < -0.39 is 15.1 Å². The van der Waals surface area contributed by atoms with E-state index >= 15 is 0 Å². The number of nitrogens with zero attached hydrogens (tertiary/aromatic N) is 1. The van der Waals surface area contributed by atoms with Crippen molar-refractivity contribution in [1.29, 1.82) is 0 Å². The standard InChI is InChI=1S/C26H25Cl2NO4S/c1-33-21-4-2-3-19(15-21)26(30)17-29-13-11-23(12-14-29)34(31,32)22-8-5-18(6-9-22)24-10-7-20(27)16-25(24)28/h2-10,15-16,23H,11-14,17H2,1H3. The van der Waals surface area contributed by atoms with Gasteiger partial charge in [0.2, 0.25) is 0 Å². The lowest BCUT2D eigenvalue weighted by Crippen LogP contribution is -2.41. The first-order chi connectivity index (χ1) is 16.3. The molecule has 0 unspecified atom stereocenters. The van der Waals surface area contributed by atoms with Gasteiger partial charge in [-0.05, 0) is 67.9 Å². The van der Waals surface area contributed by atoms with Crippen molar-refractivity contribution in [1.82, 2.24) is 4.90 Å². The normalized spacial score (nSPS) is 15.3. The summed E-state index contributed by atoms with van der Waals surface area (Å²) in [5.74, 6) is 0.636. The number of Topliss-reactive ketones (excluding diaryl/α,β-unsaturated/α-hetero) is 1. The lowest BCUT2D eigenvalue weighted by Gasteiger charge is -2.31. The fourth-order valence-electron chi connectivity index (χ4n) is 4.21. The zero-order valence-electron chi connectivity index (χ0n) is 18.7. The van der Waals surface area contributed by atoms with Crippen molar-refractivity contribution in [3.8, 4) is 16.9 Å².